The molecule has 1 saturated heterocycles. The van der Waals surface area contributed by atoms with Crippen molar-refractivity contribution in [3.8, 4) is 0 Å². The minimum absolute atomic E-state index is 0.133. The second-order valence-corrected chi connectivity index (χ2v) is 8.91. The number of aromatic amines is 1. The second-order valence-electron chi connectivity index (χ2n) is 8.91. The van der Waals surface area contributed by atoms with Crippen LogP contribution in [0.1, 0.15) is 56.9 Å². The van der Waals surface area contributed by atoms with Crippen LogP contribution in [0.5, 0.6) is 0 Å². The lowest BCUT2D eigenvalue weighted by atomic mass is 9.85. The van der Waals surface area contributed by atoms with Crippen molar-refractivity contribution in [2.75, 3.05) is 19.6 Å². The fourth-order valence-electron chi connectivity index (χ4n) is 4.43. The quantitative estimate of drug-likeness (QED) is 0.412. The largest absolute Gasteiger partial charge is 0.483 e. The van der Waals surface area contributed by atoms with E-state index in [-0.39, 0.29) is 24.2 Å². The summed E-state index contributed by atoms with van der Waals surface area (Å²) in [6.45, 7) is 2.21. The molecule has 4 N–H and O–H groups in total. The standard InChI is InChI=1S/C21H33N5O2.CH2O2/c27-20(22-9-8-16-11-24-25-12-16)10-18-6-7-19(26(18)14-15-4-5-15)13-23-21(28)17-2-1-3-17;2-1-3/h11-12,15,17-19H,1-10,13-14H2,(H,22,27)(H,23,28)(H,24,25);1H,(H,2,3)/t18-,19+;/m1./s1. The molecule has 0 aromatic carbocycles. The van der Waals surface area contributed by atoms with Crippen molar-refractivity contribution in [3.63, 3.8) is 0 Å². The molecule has 2 amide bonds. The molecule has 2 saturated carbocycles. The van der Waals surface area contributed by atoms with Gasteiger partial charge in [-0.2, -0.15) is 5.10 Å². The molecule has 2 heterocycles. The number of carbonyl (C=O) groups excluding carboxylic acids is 2. The van der Waals surface area contributed by atoms with E-state index < -0.39 is 0 Å². The molecule has 1 aromatic heterocycles. The van der Waals surface area contributed by atoms with Gasteiger partial charge < -0.3 is 15.7 Å². The maximum Gasteiger partial charge on any atom is 0.290 e. The number of nitrogens with zero attached hydrogens (tertiary/aromatic N) is 2. The topological polar surface area (TPSA) is 127 Å². The van der Waals surface area contributed by atoms with E-state index in [1.54, 1.807) is 6.20 Å². The van der Waals surface area contributed by atoms with Gasteiger partial charge in [0, 0.05) is 50.3 Å². The summed E-state index contributed by atoms with van der Waals surface area (Å²) in [5, 5.41) is 19.9. The second kappa shape index (κ2) is 11.8. The van der Waals surface area contributed by atoms with Gasteiger partial charge in [-0.3, -0.25) is 24.4 Å². The summed E-state index contributed by atoms with van der Waals surface area (Å²) in [5.74, 6) is 1.40. The number of amides is 2. The normalized spacial score (nSPS) is 23.4. The van der Waals surface area contributed by atoms with E-state index in [2.05, 4.69) is 25.7 Å². The zero-order valence-corrected chi connectivity index (χ0v) is 18.1. The number of likely N-dealkylation sites (tertiary alicyclic amines) is 1. The van der Waals surface area contributed by atoms with E-state index in [0.717, 1.165) is 56.7 Å². The van der Waals surface area contributed by atoms with Gasteiger partial charge in [0.2, 0.25) is 11.8 Å². The van der Waals surface area contributed by atoms with Crippen LogP contribution in [0, 0.1) is 11.8 Å². The van der Waals surface area contributed by atoms with Crippen LogP contribution in [-0.4, -0.2) is 70.2 Å². The molecule has 2 atom stereocenters. The van der Waals surface area contributed by atoms with Crippen LogP contribution in [0.15, 0.2) is 12.4 Å². The number of H-pyrrole nitrogens is 1. The monoisotopic (exact) mass is 433 g/mol. The van der Waals surface area contributed by atoms with Crippen molar-refractivity contribution in [2.45, 2.75) is 69.9 Å². The van der Waals surface area contributed by atoms with Crippen molar-refractivity contribution < 1.29 is 19.5 Å². The van der Waals surface area contributed by atoms with Gasteiger partial charge in [-0.25, -0.2) is 0 Å². The van der Waals surface area contributed by atoms with E-state index in [9.17, 15) is 9.59 Å². The van der Waals surface area contributed by atoms with Gasteiger partial charge in [0.1, 0.15) is 0 Å². The summed E-state index contributed by atoms with van der Waals surface area (Å²) < 4.78 is 0. The Morgan fingerprint density at radius 1 is 1.16 bits per heavy atom. The zero-order chi connectivity index (χ0) is 22.1. The van der Waals surface area contributed by atoms with Crippen molar-refractivity contribution in [1.82, 2.24) is 25.7 Å². The van der Waals surface area contributed by atoms with Gasteiger partial charge in [0.25, 0.3) is 6.47 Å². The Kier molecular flexibility index (Phi) is 8.87. The minimum Gasteiger partial charge on any atom is -0.483 e. The predicted octanol–water partition coefficient (Wildman–Crippen LogP) is 1.32. The maximum absolute atomic E-state index is 12.5. The van der Waals surface area contributed by atoms with E-state index in [1.165, 1.54) is 19.3 Å². The highest BCUT2D eigenvalue weighted by molar-refractivity contribution is 5.79. The molecule has 1 aliphatic heterocycles. The molecule has 2 aliphatic carbocycles. The fraction of sp³-hybridized carbons (Fsp3) is 0.727. The zero-order valence-electron chi connectivity index (χ0n) is 18.1. The Labute approximate surface area is 183 Å². The molecule has 0 unspecified atom stereocenters. The number of aromatic nitrogens is 2. The SMILES string of the molecule is O=C(C[C@H]1CC[C@@H](CNC(=O)C2CCC2)N1CC1CC1)NCCc1cn[nH]c1.O=CO. The molecule has 1 aromatic rings. The van der Waals surface area contributed by atoms with Crippen LogP contribution in [0.4, 0.5) is 0 Å². The van der Waals surface area contributed by atoms with Crippen molar-refractivity contribution in [3.05, 3.63) is 18.0 Å². The summed E-state index contributed by atoms with van der Waals surface area (Å²) in [4.78, 5) is 35.5. The molecule has 0 spiro atoms. The lowest BCUT2D eigenvalue weighted by molar-refractivity contribution is -0.128. The molecule has 0 bridgehead atoms. The molecular formula is C22H35N5O4. The van der Waals surface area contributed by atoms with Crippen LogP contribution in [0.3, 0.4) is 0 Å². The Balaban J connectivity index is 0.000000858. The van der Waals surface area contributed by atoms with Crippen LogP contribution in [-0.2, 0) is 20.8 Å². The third kappa shape index (κ3) is 7.34. The van der Waals surface area contributed by atoms with Gasteiger partial charge >= 0.3 is 0 Å². The van der Waals surface area contributed by atoms with Crippen molar-refractivity contribution in [2.24, 2.45) is 11.8 Å². The van der Waals surface area contributed by atoms with Gasteiger partial charge in [0.05, 0.1) is 6.20 Å². The first-order chi connectivity index (χ1) is 15.1. The Hall–Kier alpha value is -2.42. The van der Waals surface area contributed by atoms with E-state index in [1.807, 2.05) is 6.20 Å². The molecule has 4 rings (SSSR count). The van der Waals surface area contributed by atoms with Crippen LogP contribution < -0.4 is 10.6 Å². The van der Waals surface area contributed by atoms with Crippen LogP contribution in [0.25, 0.3) is 0 Å². The highest BCUT2D eigenvalue weighted by atomic mass is 16.3. The molecule has 172 valence electrons. The highest BCUT2D eigenvalue weighted by Gasteiger charge is 2.38. The summed E-state index contributed by atoms with van der Waals surface area (Å²) in [6.07, 6.45) is 13.0. The summed E-state index contributed by atoms with van der Waals surface area (Å²) >= 11 is 0. The molecular weight excluding hydrogens is 398 g/mol. The number of hydrogen-bond acceptors (Lipinski definition) is 5. The first-order valence-electron chi connectivity index (χ1n) is 11.5. The Bertz CT molecular complexity index is 703. The van der Waals surface area contributed by atoms with Gasteiger partial charge in [-0.1, -0.05) is 6.42 Å². The smallest absolute Gasteiger partial charge is 0.290 e. The first kappa shape index (κ1) is 23.2. The van der Waals surface area contributed by atoms with E-state index in [0.29, 0.717) is 25.0 Å². The predicted molar refractivity (Wildman–Crippen MR) is 115 cm³/mol. The third-order valence-corrected chi connectivity index (χ3v) is 6.64. The first-order valence-corrected chi connectivity index (χ1v) is 11.5. The van der Waals surface area contributed by atoms with Crippen LogP contribution >= 0.6 is 0 Å². The van der Waals surface area contributed by atoms with E-state index >= 15 is 0 Å². The average Bonchev–Trinajstić information content (AvgIpc) is 3.22. The lowest BCUT2D eigenvalue weighted by Gasteiger charge is -2.31. The molecule has 9 heteroatoms. The molecule has 9 nitrogen and oxygen atoms in total. The molecule has 3 aliphatic rings. The number of hydrogen-bond donors (Lipinski definition) is 4. The highest BCUT2D eigenvalue weighted by Crippen LogP contribution is 2.35. The molecule has 3 fully saturated rings. The Morgan fingerprint density at radius 2 is 1.90 bits per heavy atom. The maximum atomic E-state index is 12.5. The number of carbonyl (C=O) groups is 3. The van der Waals surface area contributed by atoms with Gasteiger partial charge in [-0.15, -0.1) is 0 Å². The fourth-order valence-corrected chi connectivity index (χ4v) is 4.43. The van der Waals surface area contributed by atoms with Crippen molar-refractivity contribution >= 4 is 18.3 Å². The summed E-state index contributed by atoms with van der Waals surface area (Å²) in [7, 11) is 0. The third-order valence-electron chi connectivity index (χ3n) is 6.64. The van der Waals surface area contributed by atoms with Crippen molar-refractivity contribution in [1.29, 1.82) is 0 Å². The minimum atomic E-state index is -0.250. The van der Waals surface area contributed by atoms with Crippen LogP contribution in [0.2, 0.25) is 0 Å². The average molecular weight is 434 g/mol. The number of carboxylic acid groups (broad SMARTS) is 1. The molecule has 0 radical (unpaired) electrons. The Morgan fingerprint density at radius 3 is 2.52 bits per heavy atom. The number of rotatable bonds is 10. The van der Waals surface area contributed by atoms with Gasteiger partial charge in [-0.05, 0) is 56.4 Å². The summed E-state index contributed by atoms with van der Waals surface area (Å²) in [5.41, 5.74) is 1.11. The summed E-state index contributed by atoms with van der Waals surface area (Å²) in [6, 6.07) is 0.688. The van der Waals surface area contributed by atoms with Gasteiger partial charge in [0.15, 0.2) is 0 Å². The lowest BCUT2D eigenvalue weighted by Crippen LogP contribution is -2.47. The molecule has 31 heavy (non-hydrogen) atoms. The van der Waals surface area contributed by atoms with E-state index in [4.69, 9.17) is 9.90 Å². The number of nitrogens with one attached hydrogen (secondary N) is 3.